The highest BCUT2D eigenvalue weighted by atomic mass is 32.2. The van der Waals surface area contributed by atoms with Crippen LogP contribution < -0.4 is 10.0 Å². The highest BCUT2D eigenvalue weighted by molar-refractivity contribution is 7.89. The van der Waals surface area contributed by atoms with Gasteiger partial charge in [-0.3, -0.25) is 4.79 Å². The van der Waals surface area contributed by atoms with Crippen molar-refractivity contribution >= 4 is 15.9 Å². The maximum Gasteiger partial charge on any atom is 0.253 e. The van der Waals surface area contributed by atoms with E-state index in [1.54, 1.807) is 31.1 Å². The van der Waals surface area contributed by atoms with E-state index in [0.29, 0.717) is 18.7 Å². The smallest absolute Gasteiger partial charge is 0.253 e. The Kier molecular flexibility index (Phi) is 5.46. The first-order chi connectivity index (χ1) is 8.92. The average Bonchev–Trinajstić information content (AvgIpc) is 2.44. The molecule has 7 heteroatoms. The molecule has 0 bridgehead atoms. The van der Waals surface area contributed by atoms with Gasteiger partial charge >= 0.3 is 0 Å². The Labute approximate surface area is 113 Å². The van der Waals surface area contributed by atoms with Crippen molar-refractivity contribution in [3.05, 3.63) is 29.8 Å². The molecular formula is C12H19N3O3S. The number of amides is 1. The molecule has 0 heterocycles. The summed E-state index contributed by atoms with van der Waals surface area (Å²) < 4.78 is 25.6. The lowest BCUT2D eigenvalue weighted by Gasteiger charge is -2.17. The number of sulfonamides is 1. The number of hydrogen-bond donors (Lipinski definition) is 2. The van der Waals surface area contributed by atoms with Crippen LogP contribution in [0.5, 0.6) is 0 Å². The number of nitrogens with zero attached hydrogens (tertiary/aromatic N) is 1. The summed E-state index contributed by atoms with van der Waals surface area (Å²) >= 11 is 0. The van der Waals surface area contributed by atoms with Crippen molar-refractivity contribution in [3.63, 3.8) is 0 Å². The van der Waals surface area contributed by atoms with E-state index < -0.39 is 10.0 Å². The third kappa shape index (κ3) is 4.02. The fourth-order valence-corrected chi connectivity index (χ4v) is 2.29. The van der Waals surface area contributed by atoms with Crippen LogP contribution in [0, 0.1) is 0 Å². The summed E-state index contributed by atoms with van der Waals surface area (Å²) in [6, 6.07) is 6.00. The van der Waals surface area contributed by atoms with Crippen molar-refractivity contribution in [3.8, 4) is 0 Å². The minimum Gasteiger partial charge on any atom is -0.340 e. The second-order valence-electron chi connectivity index (χ2n) is 4.07. The normalized spacial score (nSPS) is 11.3. The maximum absolute atomic E-state index is 12.1. The minimum atomic E-state index is -3.53. The van der Waals surface area contributed by atoms with Crippen molar-refractivity contribution < 1.29 is 13.2 Å². The van der Waals surface area contributed by atoms with Gasteiger partial charge in [0.15, 0.2) is 0 Å². The van der Waals surface area contributed by atoms with E-state index in [9.17, 15) is 13.2 Å². The van der Waals surface area contributed by atoms with Crippen LogP contribution >= 0.6 is 0 Å². The lowest BCUT2D eigenvalue weighted by atomic mass is 10.2. The molecule has 0 aliphatic carbocycles. The lowest BCUT2D eigenvalue weighted by Crippen LogP contribution is -2.32. The van der Waals surface area contributed by atoms with Crippen molar-refractivity contribution in [2.45, 2.75) is 4.90 Å². The fourth-order valence-electron chi connectivity index (χ4n) is 1.52. The van der Waals surface area contributed by atoms with E-state index in [0.717, 1.165) is 0 Å². The Balaban J connectivity index is 2.97. The zero-order valence-electron chi connectivity index (χ0n) is 11.3. The molecule has 0 saturated carbocycles. The molecule has 6 nitrogen and oxygen atoms in total. The molecule has 0 aliphatic rings. The van der Waals surface area contributed by atoms with E-state index in [4.69, 9.17) is 0 Å². The van der Waals surface area contributed by atoms with Gasteiger partial charge in [-0.05, 0) is 32.3 Å². The van der Waals surface area contributed by atoms with Gasteiger partial charge in [-0.1, -0.05) is 6.07 Å². The molecule has 0 aliphatic heterocycles. The zero-order valence-corrected chi connectivity index (χ0v) is 12.1. The topological polar surface area (TPSA) is 78.5 Å². The van der Waals surface area contributed by atoms with E-state index in [-0.39, 0.29) is 10.8 Å². The molecule has 0 fully saturated rings. The van der Waals surface area contributed by atoms with Gasteiger partial charge in [0.2, 0.25) is 10.0 Å². The second-order valence-corrected chi connectivity index (χ2v) is 5.95. The van der Waals surface area contributed by atoms with Crippen LogP contribution in [0.4, 0.5) is 0 Å². The van der Waals surface area contributed by atoms with Gasteiger partial charge in [0.05, 0.1) is 4.90 Å². The number of carbonyl (C=O) groups excluding carboxylic acids is 1. The Morgan fingerprint density at radius 1 is 1.32 bits per heavy atom. The minimum absolute atomic E-state index is 0.0860. The second kappa shape index (κ2) is 6.65. The summed E-state index contributed by atoms with van der Waals surface area (Å²) in [7, 11) is 1.29. The van der Waals surface area contributed by atoms with Gasteiger partial charge in [0, 0.05) is 25.7 Å². The Morgan fingerprint density at radius 2 is 2.00 bits per heavy atom. The molecule has 0 spiro atoms. The highest BCUT2D eigenvalue weighted by Crippen LogP contribution is 2.12. The van der Waals surface area contributed by atoms with Gasteiger partial charge in [0.1, 0.15) is 0 Å². The number of carbonyl (C=O) groups is 1. The number of benzene rings is 1. The van der Waals surface area contributed by atoms with Gasteiger partial charge in [0.25, 0.3) is 5.91 Å². The fraction of sp³-hybridized carbons (Fsp3) is 0.417. The standard InChI is InChI=1S/C12H19N3O3S/c1-13-7-8-15(3)12(16)10-5-4-6-11(9-10)19(17,18)14-2/h4-6,9,13-14H,7-8H2,1-3H3. The van der Waals surface area contributed by atoms with Gasteiger partial charge in [-0.2, -0.15) is 0 Å². The lowest BCUT2D eigenvalue weighted by molar-refractivity contribution is 0.0796. The molecule has 2 N–H and O–H groups in total. The SMILES string of the molecule is CNCCN(C)C(=O)c1cccc(S(=O)(=O)NC)c1. The van der Waals surface area contributed by atoms with Crippen molar-refractivity contribution in [2.75, 3.05) is 34.2 Å². The van der Waals surface area contributed by atoms with Gasteiger partial charge in [-0.15, -0.1) is 0 Å². The van der Waals surface area contributed by atoms with Crippen LogP contribution in [-0.2, 0) is 10.0 Å². The van der Waals surface area contributed by atoms with E-state index in [1.807, 2.05) is 0 Å². The maximum atomic E-state index is 12.1. The molecule has 0 unspecified atom stereocenters. The molecule has 0 saturated heterocycles. The monoisotopic (exact) mass is 285 g/mol. The Morgan fingerprint density at radius 3 is 2.58 bits per heavy atom. The summed E-state index contributed by atoms with van der Waals surface area (Å²) in [6.45, 7) is 1.23. The van der Waals surface area contributed by atoms with E-state index in [1.165, 1.54) is 19.2 Å². The molecule has 106 valence electrons. The molecule has 0 aromatic heterocycles. The predicted octanol–water partition coefficient (Wildman–Crippen LogP) is -0.114. The summed E-state index contributed by atoms with van der Waals surface area (Å²) in [5.41, 5.74) is 0.356. The predicted molar refractivity (Wildman–Crippen MR) is 73.6 cm³/mol. The van der Waals surface area contributed by atoms with Crippen molar-refractivity contribution in [1.82, 2.24) is 14.9 Å². The highest BCUT2D eigenvalue weighted by Gasteiger charge is 2.16. The molecule has 1 aromatic carbocycles. The molecule has 1 aromatic rings. The summed E-state index contributed by atoms with van der Waals surface area (Å²) in [6.07, 6.45) is 0. The first-order valence-corrected chi connectivity index (χ1v) is 7.34. The van der Waals surface area contributed by atoms with Crippen molar-refractivity contribution in [2.24, 2.45) is 0 Å². The molecule has 0 radical (unpaired) electrons. The molecule has 19 heavy (non-hydrogen) atoms. The Bertz CT molecular complexity index is 543. The summed E-state index contributed by atoms with van der Waals surface area (Å²) in [5.74, 6) is -0.205. The number of hydrogen-bond acceptors (Lipinski definition) is 4. The molecular weight excluding hydrogens is 266 g/mol. The third-order valence-corrected chi connectivity index (χ3v) is 4.12. The van der Waals surface area contributed by atoms with Crippen LogP contribution in [0.15, 0.2) is 29.2 Å². The van der Waals surface area contributed by atoms with Gasteiger partial charge in [-0.25, -0.2) is 13.1 Å². The zero-order chi connectivity index (χ0) is 14.5. The summed E-state index contributed by atoms with van der Waals surface area (Å²) in [5, 5.41) is 2.95. The van der Waals surface area contributed by atoms with Crippen LogP contribution in [0.2, 0.25) is 0 Å². The van der Waals surface area contributed by atoms with Crippen LogP contribution in [-0.4, -0.2) is 53.5 Å². The molecule has 1 amide bonds. The number of rotatable bonds is 6. The van der Waals surface area contributed by atoms with E-state index >= 15 is 0 Å². The van der Waals surface area contributed by atoms with Crippen LogP contribution in [0.25, 0.3) is 0 Å². The van der Waals surface area contributed by atoms with Gasteiger partial charge < -0.3 is 10.2 Å². The van der Waals surface area contributed by atoms with Crippen LogP contribution in [0.3, 0.4) is 0 Å². The number of nitrogens with one attached hydrogen (secondary N) is 2. The average molecular weight is 285 g/mol. The molecule has 0 atom stereocenters. The van der Waals surface area contributed by atoms with Crippen LogP contribution in [0.1, 0.15) is 10.4 Å². The van der Waals surface area contributed by atoms with Crippen molar-refractivity contribution in [1.29, 1.82) is 0 Å². The quantitative estimate of drug-likeness (QED) is 0.764. The first-order valence-electron chi connectivity index (χ1n) is 5.86. The number of likely N-dealkylation sites (N-methyl/N-ethyl adjacent to an activating group) is 2. The largest absolute Gasteiger partial charge is 0.340 e. The first kappa shape index (κ1) is 15.6. The molecule has 1 rings (SSSR count). The van der Waals surface area contributed by atoms with E-state index in [2.05, 4.69) is 10.0 Å². The third-order valence-electron chi connectivity index (χ3n) is 2.70. The Hall–Kier alpha value is -1.44. The summed E-state index contributed by atoms with van der Waals surface area (Å²) in [4.78, 5) is 13.7.